The number of rotatable bonds is 0. The van der Waals surface area contributed by atoms with E-state index in [4.69, 9.17) is 0 Å². The smallest absolute Gasteiger partial charge is 0.149 e. The van der Waals surface area contributed by atoms with E-state index in [-0.39, 0.29) is 0 Å². The lowest BCUT2D eigenvalue weighted by Gasteiger charge is -1.96. The van der Waals surface area contributed by atoms with Gasteiger partial charge in [0.15, 0.2) is 0 Å². The Hall–Kier alpha value is 0.520. The van der Waals surface area contributed by atoms with Crippen LogP contribution in [0.15, 0.2) is 5.10 Å². The fraction of sp³-hybridized carbons (Fsp3) is 0.500. The van der Waals surface area contributed by atoms with Crippen molar-refractivity contribution >= 4 is 41.6 Å². The molecule has 2 nitrogen and oxygen atoms in total. The van der Waals surface area contributed by atoms with Crippen molar-refractivity contribution in [3.05, 3.63) is 0 Å². The van der Waals surface area contributed by atoms with Gasteiger partial charge in [0.1, 0.15) is 10.3 Å². The monoisotopic (exact) mass is 152 g/mol. The Kier molecular flexibility index (Phi) is 1.77. The second kappa shape index (κ2) is 2.19. The van der Waals surface area contributed by atoms with Crippen LogP contribution in [0.2, 0.25) is 0 Å². The Morgan fingerprint density at radius 2 is 2.57 bits per heavy atom. The minimum atomic E-state index is 0.787. The van der Waals surface area contributed by atoms with Crippen molar-refractivity contribution in [2.75, 3.05) is 5.88 Å². The number of hydrogen-bond acceptors (Lipinski definition) is 4. The zero-order valence-corrected chi connectivity index (χ0v) is 6.01. The van der Waals surface area contributed by atoms with Crippen molar-refractivity contribution in [3.63, 3.8) is 0 Å². The first-order valence-corrected chi connectivity index (χ1v) is 3.49. The first-order chi connectivity index (χ1) is 3.29. The van der Waals surface area contributed by atoms with Crippen molar-refractivity contribution in [2.24, 2.45) is 5.10 Å². The first-order valence-electron chi connectivity index (χ1n) is 1.66. The third-order valence-corrected chi connectivity index (χ3v) is 2.12. The molecule has 1 rings (SSSR count). The van der Waals surface area contributed by atoms with Crippen LogP contribution in [0.5, 0.6) is 0 Å². The molecule has 0 atom stereocenters. The molecule has 0 aliphatic carbocycles. The SMILES string of the molecule is SC1=NN(S)CS1. The number of nitrogens with zero attached hydrogens (tertiary/aromatic N) is 2. The van der Waals surface area contributed by atoms with Crippen molar-refractivity contribution in [1.29, 1.82) is 0 Å². The van der Waals surface area contributed by atoms with Crippen molar-refractivity contribution < 1.29 is 0 Å². The minimum absolute atomic E-state index is 0.787. The van der Waals surface area contributed by atoms with E-state index in [1.807, 2.05) is 0 Å². The molecule has 0 aromatic rings. The van der Waals surface area contributed by atoms with Crippen molar-refractivity contribution in [1.82, 2.24) is 4.41 Å². The summed E-state index contributed by atoms with van der Waals surface area (Å²) in [7, 11) is 0. The number of thiol groups is 2. The van der Waals surface area contributed by atoms with Crippen LogP contribution in [0, 0.1) is 0 Å². The van der Waals surface area contributed by atoms with Gasteiger partial charge in [-0.3, -0.25) is 0 Å². The van der Waals surface area contributed by atoms with E-state index in [1.165, 1.54) is 0 Å². The Labute approximate surface area is 57.3 Å². The van der Waals surface area contributed by atoms with E-state index < -0.39 is 0 Å². The van der Waals surface area contributed by atoms with E-state index in [0.29, 0.717) is 0 Å². The van der Waals surface area contributed by atoms with Gasteiger partial charge < -0.3 is 0 Å². The van der Waals surface area contributed by atoms with E-state index in [1.54, 1.807) is 16.2 Å². The maximum atomic E-state index is 3.97. The van der Waals surface area contributed by atoms with E-state index >= 15 is 0 Å². The molecule has 0 saturated carbocycles. The summed E-state index contributed by atoms with van der Waals surface area (Å²) in [6, 6.07) is 0. The Morgan fingerprint density at radius 3 is 2.71 bits per heavy atom. The quantitative estimate of drug-likeness (QED) is 0.504. The summed E-state index contributed by atoms with van der Waals surface area (Å²) in [6.45, 7) is 0. The highest BCUT2D eigenvalue weighted by molar-refractivity contribution is 8.32. The molecule has 0 N–H and O–H groups in total. The van der Waals surface area contributed by atoms with Gasteiger partial charge in [-0.2, -0.15) is 5.10 Å². The second-order valence-electron chi connectivity index (χ2n) is 1.03. The highest BCUT2D eigenvalue weighted by Gasteiger charge is 2.06. The molecule has 1 aliphatic rings. The molecule has 1 heterocycles. The lowest BCUT2D eigenvalue weighted by Crippen LogP contribution is -1.93. The van der Waals surface area contributed by atoms with Gasteiger partial charge in [-0.15, -0.1) is 12.6 Å². The Bertz CT molecular complexity index is 101. The third-order valence-electron chi connectivity index (χ3n) is 0.510. The van der Waals surface area contributed by atoms with Crippen LogP contribution in [-0.2, 0) is 0 Å². The maximum absolute atomic E-state index is 3.97. The molecule has 0 amide bonds. The fourth-order valence-electron chi connectivity index (χ4n) is 0.272. The summed E-state index contributed by atoms with van der Waals surface area (Å²) < 4.78 is 2.34. The molecule has 7 heavy (non-hydrogen) atoms. The van der Waals surface area contributed by atoms with Crippen LogP contribution in [0.4, 0.5) is 0 Å². The molecule has 0 saturated heterocycles. The van der Waals surface area contributed by atoms with Crippen LogP contribution >= 0.6 is 37.2 Å². The molecule has 0 spiro atoms. The number of hydrazone groups is 1. The molecular formula is C2H4N2S3. The lowest BCUT2D eigenvalue weighted by molar-refractivity contribution is 0.616. The van der Waals surface area contributed by atoms with E-state index in [2.05, 4.69) is 30.5 Å². The summed E-state index contributed by atoms with van der Waals surface area (Å²) in [5, 5.41) is 3.83. The van der Waals surface area contributed by atoms with Gasteiger partial charge in [0.05, 0.1) is 0 Å². The van der Waals surface area contributed by atoms with Gasteiger partial charge in [-0.25, -0.2) is 4.41 Å². The Balaban J connectivity index is 2.50. The summed E-state index contributed by atoms with van der Waals surface area (Å²) in [5.74, 6) is 0.807. The maximum Gasteiger partial charge on any atom is 0.149 e. The van der Waals surface area contributed by atoms with Crippen molar-refractivity contribution in [3.8, 4) is 0 Å². The molecule has 1 aliphatic heterocycles. The predicted octanol–water partition coefficient (Wildman–Crippen LogP) is 1.04. The van der Waals surface area contributed by atoms with E-state index in [0.717, 1.165) is 10.3 Å². The standard InChI is InChI=1S/C2H4N2S3/c5-2-3-4(6)1-7-2/h6H,1H2,(H,3,5). The number of thioether (sulfide) groups is 1. The first kappa shape index (κ1) is 5.65. The summed E-state index contributed by atoms with van der Waals surface area (Å²) in [4.78, 5) is 0. The molecule has 0 aromatic heterocycles. The summed E-state index contributed by atoms with van der Waals surface area (Å²) in [5.41, 5.74) is 0. The van der Waals surface area contributed by atoms with Crippen molar-refractivity contribution in [2.45, 2.75) is 0 Å². The topological polar surface area (TPSA) is 15.6 Å². The highest BCUT2D eigenvalue weighted by Crippen LogP contribution is 2.19. The largest absolute Gasteiger partial charge is 0.230 e. The highest BCUT2D eigenvalue weighted by atomic mass is 32.2. The van der Waals surface area contributed by atoms with Gasteiger partial charge in [-0.05, 0) is 12.8 Å². The average molecular weight is 152 g/mol. The van der Waals surface area contributed by atoms with Gasteiger partial charge in [0.2, 0.25) is 0 Å². The normalized spacial score (nSPS) is 20.3. The molecule has 0 fully saturated rings. The average Bonchev–Trinajstić information content (AvgIpc) is 1.87. The molecule has 0 bridgehead atoms. The van der Waals surface area contributed by atoms with Crippen LogP contribution in [0.1, 0.15) is 0 Å². The van der Waals surface area contributed by atoms with Gasteiger partial charge in [0, 0.05) is 0 Å². The Morgan fingerprint density at radius 1 is 1.86 bits per heavy atom. The van der Waals surface area contributed by atoms with Gasteiger partial charge in [-0.1, -0.05) is 11.8 Å². The predicted molar refractivity (Wildman–Crippen MR) is 39.7 cm³/mol. The molecule has 5 heteroatoms. The van der Waals surface area contributed by atoms with Crippen LogP contribution in [0.3, 0.4) is 0 Å². The minimum Gasteiger partial charge on any atom is -0.230 e. The summed E-state index contributed by atoms with van der Waals surface area (Å²) >= 11 is 9.47. The lowest BCUT2D eigenvalue weighted by atomic mass is 11.5. The molecule has 0 radical (unpaired) electrons. The van der Waals surface area contributed by atoms with Crippen LogP contribution in [-0.4, -0.2) is 14.7 Å². The zero-order valence-electron chi connectivity index (χ0n) is 3.40. The molecule has 0 aromatic carbocycles. The van der Waals surface area contributed by atoms with Gasteiger partial charge >= 0.3 is 0 Å². The van der Waals surface area contributed by atoms with Gasteiger partial charge in [0.25, 0.3) is 0 Å². The third kappa shape index (κ3) is 1.47. The van der Waals surface area contributed by atoms with Crippen LogP contribution in [0.25, 0.3) is 0 Å². The molecule has 0 unspecified atom stereocenters. The second-order valence-corrected chi connectivity index (χ2v) is 3.15. The van der Waals surface area contributed by atoms with Crippen LogP contribution < -0.4 is 0 Å². The fourth-order valence-corrected chi connectivity index (χ4v) is 1.39. The summed E-state index contributed by atoms with van der Waals surface area (Å²) in [6.07, 6.45) is 0. The number of hydrogen-bond donors (Lipinski definition) is 2. The molecule has 40 valence electrons. The zero-order chi connectivity index (χ0) is 5.28. The molecular weight excluding hydrogens is 148 g/mol. The van der Waals surface area contributed by atoms with E-state index in [9.17, 15) is 0 Å².